The number of aromatic nitrogens is 2. The first-order valence-corrected chi connectivity index (χ1v) is 12.4. The number of nitrogens with one attached hydrogen (secondary N) is 1. The Morgan fingerprint density at radius 1 is 1.22 bits per heavy atom. The fourth-order valence-corrected chi connectivity index (χ4v) is 5.44. The second kappa shape index (κ2) is 9.33. The lowest BCUT2D eigenvalue weighted by Crippen LogP contribution is -2.41. The molecule has 2 unspecified atom stereocenters. The Morgan fingerprint density at radius 3 is 2.88 bits per heavy atom. The van der Waals surface area contributed by atoms with E-state index in [1.54, 1.807) is 11.3 Å². The Kier molecular flexibility index (Phi) is 6.12. The molecule has 32 heavy (non-hydrogen) atoms. The minimum Gasteiger partial charge on any atom is -0.348 e. The highest BCUT2D eigenvalue weighted by atomic mass is 32.1. The van der Waals surface area contributed by atoms with Crippen LogP contribution in [0.2, 0.25) is 0 Å². The zero-order valence-electron chi connectivity index (χ0n) is 18.3. The minimum atomic E-state index is -0.0640. The first-order chi connectivity index (χ1) is 15.7. The molecule has 0 radical (unpaired) electrons. The normalized spacial score (nSPS) is 23.2. The summed E-state index contributed by atoms with van der Waals surface area (Å²) in [5, 5.41) is 7.39. The summed E-state index contributed by atoms with van der Waals surface area (Å²) in [5.41, 5.74) is 3.65. The second-order valence-corrected chi connectivity index (χ2v) is 9.81. The van der Waals surface area contributed by atoms with Gasteiger partial charge in [-0.25, -0.2) is 9.97 Å². The Balaban J connectivity index is 1.38. The summed E-state index contributed by atoms with van der Waals surface area (Å²) < 4.78 is 0. The maximum atomic E-state index is 13.1. The molecule has 6 heteroatoms. The third kappa shape index (κ3) is 4.51. The van der Waals surface area contributed by atoms with Gasteiger partial charge in [0.25, 0.3) is 5.91 Å². The number of hydrogen-bond donors (Lipinski definition) is 1. The molecule has 1 amide bonds. The molecule has 1 aliphatic heterocycles. The fourth-order valence-electron chi connectivity index (χ4n) is 4.75. The van der Waals surface area contributed by atoms with E-state index in [4.69, 9.17) is 9.98 Å². The molecule has 3 aromatic rings. The van der Waals surface area contributed by atoms with Crippen LogP contribution in [0, 0.1) is 5.92 Å². The van der Waals surface area contributed by atoms with Gasteiger partial charge < -0.3 is 5.32 Å². The van der Waals surface area contributed by atoms with Gasteiger partial charge in [0.2, 0.25) is 0 Å². The van der Waals surface area contributed by atoms with Crippen LogP contribution in [0.3, 0.4) is 0 Å². The number of pyridine rings is 1. The number of fused-ring (bicyclic) bond motifs is 1. The SMILES string of the molecule is CC1CCCC[C@@H]1NC(=O)c1cc(CC2=CCC(c3nccs3)N=C2)c2ccccc2n1. The van der Waals surface area contributed by atoms with Gasteiger partial charge in [-0.3, -0.25) is 9.79 Å². The van der Waals surface area contributed by atoms with Crippen molar-refractivity contribution >= 4 is 34.4 Å². The molecule has 0 bridgehead atoms. The molecule has 0 spiro atoms. The van der Waals surface area contributed by atoms with Gasteiger partial charge in [0.05, 0.1) is 5.52 Å². The Labute approximate surface area is 192 Å². The molecule has 5 nitrogen and oxygen atoms in total. The molecule has 5 rings (SSSR count). The molecule has 1 aromatic carbocycles. The smallest absolute Gasteiger partial charge is 0.270 e. The number of rotatable bonds is 5. The molecule has 1 saturated carbocycles. The van der Waals surface area contributed by atoms with E-state index in [1.165, 1.54) is 24.8 Å². The minimum absolute atomic E-state index is 0.0640. The number of benzene rings is 1. The zero-order chi connectivity index (χ0) is 21.9. The molecule has 2 aromatic heterocycles. The quantitative estimate of drug-likeness (QED) is 0.550. The number of amides is 1. The summed E-state index contributed by atoms with van der Waals surface area (Å²) in [7, 11) is 0. The number of carbonyl (C=O) groups is 1. The Morgan fingerprint density at radius 2 is 2.09 bits per heavy atom. The lowest BCUT2D eigenvalue weighted by atomic mass is 9.86. The van der Waals surface area contributed by atoms with Crippen LogP contribution in [0.15, 0.2) is 58.6 Å². The van der Waals surface area contributed by atoms with Crippen molar-refractivity contribution in [3.63, 3.8) is 0 Å². The first kappa shape index (κ1) is 21.0. The summed E-state index contributed by atoms with van der Waals surface area (Å²) in [4.78, 5) is 26.9. The summed E-state index contributed by atoms with van der Waals surface area (Å²) in [6.07, 6.45) is 12.3. The van der Waals surface area contributed by atoms with Crippen LogP contribution in [0.25, 0.3) is 10.9 Å². The zero-order valence-corrected chi connectivity index (χ0v) is 19.1. The van der Waals surface area contributed by atoms with Gasteiger partial charge in [0.15, 0.2) is 0 Å². The van der Waals surface area contributed by atoms with Crippen LogP contribution in [0.4, 0.5) is 0 Å². The van der Waals surface area contributed by atoms with Crippen molar-refractivity contribution in [1.82, 2.24) is 15.3 Å². The largest absolute Gasteiger partial charge is 0.348 e. The third-order valence-corrected chi connectivity index (χ3v) is 7.49. The summed E-state index contributed by atoms with van der Waals surface area (Å²) in [6.45, 7) is 2.23. The number of carbonyl (C=O) groups excluding carboxylic acids is 1. The first-order valence-electron chi connectivity index (χ1n) is 11.5. The highest BCUT2D eigenvalue weighted by Crippen LogP contribution is 2.29. The maximum absolute atomic E-state index is 13.1. The highest BCUT2D eigenvalue weighted by Gasteiger charge is 2.24. The standard InChI is InChI=1S/C26H28N4OS/c1-17-6-2-4-8-21(17)30-25(31)24-15-19(20-7-3-5-9-22(20)29-24)14-18-10-11-23(28-16-18)26-27-12-13-32-26/h3,5,7,9-10,12-13,15-17,21,23H,2,4,6,8,11,14H2,1H3,(H,30,31)/t17?,21-,23?/m0/s1. The summed E-state index contributed by atoms with van der Waals surface area (Å²) >= 11 is 1.65. The predicted molar refractivity (Wildman–Crippen MR) is 130 cm³/mol. The lowest BCUT2D eigenvalue weighted by Gasteiger charge is -2.29. The van der Waals surface area contributed by atoms with E-state index in [0.717, 1.165) is 40.7 Å². The molecule has 164 valence electrons. The highest BCUT2D eigenvalue weighted by molar-refractivity contribution is 7.09. The predicted octanol–water partition coefficient (Wildman–Crippen LogP) is 5.68. The van der Waals surface area contributed by atoms with E-state index in [0.29, 0.717) is 11.6 Å². The second-order valence-electron chi connectivity index (χ2n) is 8.88. The fraction of sp³-hybridized carbons (Fsp3) is 0.385. The van der Waals surface area contributed by atoms with Crippen molar-refractivity contribution in [2.75, 3.05) is 0 Å². The Hall–Kier alpha value is -2.86. The maximum Gasteiger partial charge on any atom is 0.270 e. The van der Waals surface area contributed by atoms with E-state index in [2.05, 4.69) is 29.4 Å². The van der Waals surface area contributed by atoms with Gasteiger partial charge in [0, 0.05) is 29.2 Å². The molecule has 1 fully saturated rings. The average Bonchev–Trinajstić information content (AvgIpc) is 3.36. The van der Waals surface area contributed by atoms with Crippen molar-refractivity contribution in [2.24, 2.45) is 10.9 Å². The monoisotopic (exact) mass is 444 g/mol. The van der Waals surface area contributed by atoms with Crippen LogP contribution >= 0.6 is 11.3 Å². The molecular weight excluding hydrogens is 416 g/mol. The van der Waals surface area contributed by atoms with Crippen molar-refractivity contribution in [3.8, 4) is 0 Å². The molecular formula is C26H28N4OS. The number of para-hydroxylation sites is 1. The number of thiazole rings is 1. The molecule has 3 atom stereocenters. The van der Waals surface area contributed by atoms with E-state index >= 15 is 0 Å². The van der Waals surface area contributed by atoms with Gasteiger partial charge in [-0.15, -0.1) is 11.3 Å². The van der Waals surface area contributed by atoms with E-state index in [9.17, 15) is 4.79 Å². The van der Waals surface area contributed by atoms with Gasteiger partial charge in [-0.1, -0.05) is 44.0 Å². The van der Waals surface area contributed by atoms with Gasteiger partial charge >= 0.3 is 0 Å². The molecule has 1 aliphatic carbocycles. The molecule has 2 aliphatic rings. The van der Waals surface area contributed by atoms with Crippen LogP contribution in [-0.4, -0.2) is 28.1 Å². The van der Waals surface area contributed by atoms with Crippen molar-refractivity contribution in [3.05, 3.63) is 69.8 Å². The van der Waals surface area contributed by atoms with Crippen LogP contribution in [0.5, 0.6) is 0 Å². The van der Waals surface area contributed by atoms with Crippen molar-refractivity contribution in [1.29, 1.82) is 0 Å². The molecule has 3 heterocycles. The van der Waals surface area contributed by atoms with Crippen molar-refractivity contribution in [2.45, 2.75) is 57.5 Å². The van der Waals surface area contributed by atoms with Gasteiger partial charge in [-0.05, 0) is 54.9 Å². The number of hydrogen-bond acceptors (Lipinski definition) is 5. The number of dihydropyridines is 1. The number of allylic oxidation sites excluding steroid dienone is 1. The Bertz CT molecular complexity index is 1170. The topological polar surface area (TPSA) is 67.2 Å². The lowest BCUT2D eigenvalue weighted by molar-refractivity contribution is 0.0905. The van der Waals surface area contributed by atoms with E-state index in [-0.39, 0.29) is 18.0 Å². The van der Waals surface area contributed by atoms with E-state index < -0.39 is 0 Å². The molecule has 0 saturated heterocycles. The van der Waals surface area contributed by atoms with Crippen LogP contribution in [0.1, 0.15) is 66.1 Å². The molecule has 1 N–H and O–H groups in total. The third-order valence-electron chi connectivity index (χ3n) is 6.62. The van der Waals surface area contributed by atoms with Crippen molar-refractivity contribution < 1.29 is 4.79 Å². The average molecular weight is 445 g/mol. The van der Waals surface area contributed by atoms with E-state index in [1.807, 2.05) is 42.1 Å². The van der Waals surface area contributed by atoms with Crippen LogP contribution < -0.4 is 5.32 Å². The van der Waals surface area contributed by atoms with Gasteiger partial charge in [-0.2, -0.15) is 0 Å². The number of nitrogens with zero attached hydrogens (tertiary/aromatic N) is 3. The summed E-state index contributed by atoms with van der Waals surface area (Å²) in [5.74, 6) is 0.452. The van der Waals surface area contributed by atoms with Crippen LogP contribution in [-0.2, 0) is 6.42 Å². The number of aliphatic imine (C=N–C) groups is 1. The van der Waals surface area contributed by atoms with Gasteiger partial charge in [0.1, 0.15) is 16.7 Å². The summed E-state index contributed by atoms with van der Waals surface area (Å²) in [6, 6.07) is 10.4.